The molecule has 0 bridgehead atoms. The minimum absolute atomic E-state index is 0.0187. The molecular formula is C25H24N4O5. The van der Waals surface area contributed by atoms with Gasteiger partial charge < -0.3 is 25.5 Å². The minimum atomic E-state index is -1.12. The van der Waals surface area contributed by atoms with Gasteiger partial charge in [0.25, 0.3) is 0 Å². The molecule has 9 heteroatoms. The van der Waals surface area contributed by atoms with Gasteiger partial charge >= 0.3 is 12.0 Å². The highest BCUT2D eigenvalue weighted by Crippen LogP contribution is 2.16. The summed E-state index contributed by atoms with van der Waals surface area (Å²) in [4.78, 5) is 51.9. The highest BCUT2D eigenvalue weighted by molar-refractivity contribution is 6.05. The average molecular weight is 460 g/mol. The molecule has 3 aromatic rings. The van der Waals surface area contributed by atoms with Gasteiger partial charge in [0.15, 0.2) is 0 Å². The van der Waals surface area contributed by atoms with Crippen molar-refractivity contribution in [2.24, 2.45) is 0 Å². The molecule has 0 fully saturated rings. The second kappa shape index (κ2) is 11.3. The van der Waals surface area contributed by atoms with E-state index < -0.39 is 17.9 Å². The normalized spacial score (nSPS) is 10.1. The maximum Gasteiger partial charge on any atom is 0.335 e. The van der Waals surface area contributed by atoms with Crippen LogP contribution in [0.5, 0.6) is 0 Å². The van der Waals surface area contributed by atoms with Crippen molar-refractivity contribution in [2.75, 3.05) is 35.3 Å². The van der Waals surface area contributed by atoms with Crippen LogP contribution in [0.15, 0.2) is 84.9 Å². The summed E-state index contributed by atoms with van der Waals surface area (Å²) in [6, 6.07) is 22.8. The lowest BCUT2D eigenvalue weighted by atomic mass is 10.2. The zero-order valence-electron chi connectivity index (χ0n) is 18.5. The van der Waals surface area contributed by atoms with Crippen LogP contribution in [0.1, 0.15) is 10.4 Å². The Morgan fingerprint density at radius 1 is 0.794 bits per heavy atom. The number of likely N-dealkylation sites (N-methyl/N-ethyl adjacent to an activating group) is 1. The summed E-state index contributed by atoms with van der Waals surface area (Å²) in [6.07, 6.45) is 0. The van der Waals surface area contributed by atoms with Crippen molar-refractivity contribution >= 4 is 40.9 Å². The first-order chi connectivity index (χ1) is 16.3. The SMILES string of the molecule is CN(C(=O)CN(C(=O)CNC(=O)Nc1cccc(C(=O)O)c1)c1ccccc1)c1ccccc1. The molecule has 0 saturated carbocycles. The first kappa shape index (κ1) is 24.0. The van der Waals surface area contributed by atoms with Gasteiger partial charge in [0, 0.05) is 24.1 Å². The maximum atomic E-state index is 13.0. The van der Waals surface area contributed by atoms with Crippen molar-refractivity contribution in [1.82, 2.24) is 5.32 Å². The Bertz CT molecular complexity index is 1170. The zero-order chi connectivity index (χ0) is 24.5. The topological polar surface area (TPSA) is 119 Å². The number of nitrogens with zero attached hydrogens (tertiary/aromatic N) is 2. The van der Waals surface area contributed by atoms with Crippen molar-refractivity contribution in [1.29, 1.82) is 0 Å². The zero-order valence-corrected chi connectivity index (χ0v) is 18.5. The number of benzene rings is 3. The van der Waals surface area contributed by atoms with Gasteiger partial charge in [0.1, 0.15) is 6.54 Å². The Labute approximate surface area is 196 Å². The molecule has 9 nitrogen and oxygen atoms in total. The van der Waals surface area contributed by atoms with E-state index in [4.69, 9.17) is 5.11 Å². The fraction of sp³-hybridized carbons (Fsp3) is 0.120. The molecule has 0 spiro atoms. The Balaban J connectivity index is 1.66. The van der Waals surface area contributed by atoms with Gasteiger partial charge in [-0.05, 0) is 42.5 Å². The summed E-state index contributed by atoms with van der Waals surface area (Å²) in [5.41, 5.74) is 1.49. The quantitative estimate of drug-likeness (QED) is 0.477. The standard InChI is InChI=1S/C25H24N4O5/c1-28(20-11-4-2-5-12-20)23(31)17-29(21-13-6-3-7-14-21)22(30)16-26-25(34)27-19-10-8-9-18(15-19)24(32)33/h2-15H,16-17H2,1H3,(H,32,33)(H2,26,27,34). The van der Waals surface area contributed by atoms with Crippen molar-refractivity contribution in [3.63, 3.8) is 0 Å². The summed E-state index contributed by atoms with van der Waals surface area (Å²) in [7, 11) is 1.63. The third kappa shape index (κ3) is 6.42. The van der Waals surface area contributed by atoms with E-state index in [2.05, 4.69) is 10.6 Å². The van der Waals surface area contributed by atoms with Crippen molar-refractivity contribution < 1.29 is 24.3 Å². The molecule has 3 aromatic carbocycles. The average Bonchev–Trinajstić information content (AvgIpc) is 2.86. The molecule has 174 valence electrons. The van der Waals surface area contributed by atoms with Crippen LogP contribution in [0, 0.1) is 0 Å². The summed E-state index contributed by atoms with van der Waals surface area (Å²) in [6.45, 7) is -0.597. The minimum Gasteiger partial charge on any atom is -0.478 e. The number of amides is 4. The van der Waals surface area contributed by atoms with E-state index in [1.807, 2.05) is 18.2 Å². The number of para-hydroxylation sites is 2. The Morgan fingerprint density at radius 3 is 2.03 bits per heavy atom. The summed E-state index contributed by atoms with van der Waals surface area (Å²) in [5, 5.41) is 14.0. The molecule has 3 rings (SSSR count). The van der Waals surface area contributed by atoms with Gasteiger partial charge in [-0.3, -0.25) is 9.59 Å². The van der Waals surface area contributed by atoms with Crippen molar-refractivity contribution in [3.05, 3.63) is 90.5 Å². The van der Waals surface area contributed by atoms with Gasteiger partial charge in [-0.15, -0.1) is 0 Å². The maximum absolute atomic E-state index is 13.0. The predicted octanol–water partition coefficient (Wildman–Crippen LogP) is 3.20. The number of urea groups is 1. The van der Waals surface area contributed by atoms with Crippen LogP contribution in [0.3, 0.4) is 0 Å². The predicted molar refractivity (Wildman–Crippen MR) is 129 cm³/mol. The monoisotopic (exact) mass is 460 g/mol. The molecule has 0 aliphatic carbocycles. The van der Waals surface area contributed by atoms with Crippen LogP contribution in [0.2, 0.25) is 0 Å². The third-order valence-corrected chi connectivity index (χ3v) is 4.95. The molecule has 3 N–H and O–H groups in total. The largest absolute Gasteiger partial charge is 0.478 e. The van der Waals surface area contributed by atoms with E-state index in [0.717, 1.165) is 0 Å². The molecule has 34 heavy (non-hydrogen) atoms. The summed E-state index contributed by atoms with van der Waals surface area (Å²) < 4.78 is 0. The number of carboxylic acids is 1. The lowest BCUT2D eigenvalue weighted by molar-refractivity contribution is -0.121. The number of nitrogens with one attached hydrogen (secondary N) is 2. The van der Waals surface area contributed by atoms with E-state index in [9.17, 15) is 19.2 Å². The smallest absolute Gasteiger partial charge is 0.335 e. The van der Waals surface area contributed by atoms with Crippen molar-refractivity contribution in [2.45, 2.75) is 0 Å². The van der Waals surface area contributed by atoms with Gasteiger partial charge in [-0.2, -0.15) is 0 Å². The molecule has 0 saturated heterocycles. The van der Waals surface area contributed by atoms with Crippen LogP contribution in [0.4, 0.5) is 21.9 Å². The molecular weight excluding hydrogens is 436 g/mol. The molecule has 0 atom stereocenters. The molecule has 0 heterocycles. The second-order valence-corrected chi connectivity index (χ2v) is 7.30. The molecule has 0 aliphatic heterocycles. The van der Waals surface area contributed by atoms with Gasteiger partial charge in [-0.25, -0.2) is 9.59 Å². The number of aromatic carboxylic acids is 1. The van der Waals surface area contributed by atoms with Crippen LogP contribution < -0.4 is 20.4 Å². The lowest BCUT2D eigenvalue weighted by Gasteiger charge is -2.25. The third-order valence-electron chi connectivity index (χ3n) is 4.95. The van der Waals surface area contributed by atoms with Gasteiger partial charge in [-0.1, -0.05) is 42.5 Å². The lowest BCUT2D eigenvalue weighted by Crippen LogP contribution is -2.46. The fourth-order valence-corrected chi connectivity index (χ4v) is 3.12. The van der Waals surface area contributed by atoms with Gasteiger partial charge in [0.2, 0.25) is 11.8 Å². The molecule has 0 unspecified atom stereocenters. The van der Waals surface area contributed by atoms with E-state index in [-0.39, 0.29) is 30.2 Å². The van der Waals surface area contributed by atoms with Crippen LogP contribution in [0.25, 0.3) is 0 Å². The number of rotatable bonds is 8. The molecule has 0 aliphatic rings. The summed E-state index contributed by atoms with van der Waals surface area (Å²) >= 11 is 0. The number of hydrogen-bond donors (Lipinski definition) is 3. The highest BCUT2D eigenvalue weighted by Gasteiger charge is 2.22. The molecule has 0 radical (unpaired) electrons. The number of anilines is 3. The number of carbonyl (C=O) groups is 4. The number of hydrogen-bond acceptors (Lipinski definition) is 4. The molecule has 0 aromatic heterocycles. The summed E-state index contributed by atoms with van der Waals surface area (Å²) in [5.74, 6) is -1.92. The first-order valence-corrected chi connectivity index (χ1v) is 10.4. The Kier molecular flexibility index (Phi) is 7.96. The first-order valence-electron chi connectivity index (χ1n) is 10.4. The molecule has 4 amide bonds. The number of carboxylic acid groups (broad SMARTS) is 1. The highest BCUT2D eigenvalue weighted by atomic mass is 16.4. The second-order valence-electron chi connectivity index (χ2n) is 7.30. The van der Waals surface area contributed by atoms with Crippen molar-refractivity contribution in [3.8, 4) is 0 Å². The van der Waals surface area contributed by atoms with E-state index in [1.165, 1.54) is 34.1 Å². The van der Waals surface area contributed by atoms with Crippen LogP contribution in [-0.4, -0.2) is 49.1 Å². The van der Waals surface area contributed by atoms with Crippen LogP contribution in [-0.2, 0) is 9.59 Å². The van der Waals surface area contributed by atoms with Crippen LogP contribution >= 0.6 is 0 Å². The Hall–Kier alpha value is -4.66. The van der Waals surface area contributed by atoms with E-state index in [0.29, 0.717) is 11.4 Å². The van der Waals surface area contributed by atoms with E-state index >= 15 is 0 Å². The van der Waals surface area contributed by atoms with E-state index in [1.54, 1.807) is 49.5 Å². The number of carbonyl (C=O) groups excluding carboxylic acids is 3. The van der Waals surface area contributed by atoms with Gasteiger partial charge in [0.05, 0.1) is 12.1 Å². The fourth-order valence-electron chi connectivity index (χ4n) is 3.12. The Morgan fingerprint density at radius 2 is 1.41 bits per heavy atom.